The summed E-state index contributed by atoms with van der Waals surface area (Å²) in [4.78, 5) is 50.6. The van der Waals surface area contributed by atoms with Gasteiger partial charge in [-0.3, -0.25) is 4.79 Å². The molecule has 38 heavy (non-hydrogen) atoms. The maximum Gasteiger partial charge on any atom is 0.410 e. The lowest BCUT2D eigenvalue weighted by Crippen LogP contribution is -2.55. The smallest absolute Gasteiger partial charge is 0.410 e. The summed E-state index contributed by atoms with van der Waals surface area (Å²) in [6, 6.07) is 0.272. The summed E-state index contributed by atoms with van der Waals surface area (Å²) in [6.07, 6.45) is 4.49. The van der Waals surface area contributed by atoms with Gasteiger partial charge in [0.05, 0.1) is 38.0 Å². The monoisotopic (exact) mass is 523 g/mol. The van der Waals surface area contributed by atoms with Gasteiger partial charge in [-0.2, -0.15) is 4.98 Å². The van der Waals surface area contributed by atoms with E-state index >= 15 is 0 Å². The molecule has 4 aliphatic heterocycles. The van der Waals surface area contributed by atoms with Crippen molar-refractivity contribution in [2.45, 2.75) is 44.9 Å². The lowest BCUT2D eigenvalue weighted by Gasteiger charge is -2.38. The van der Waals surface area contributed by atoms with Gasteiger partial charge in [0.15, 0.2) is 0 Å². The van der Waals surface area contributed by atoms with E-state index in [9.17, 15) is 9.59 Å². The van der Waals surface area contributed by atoms with Gasteiger partial charge in [0.2, 0.25) is 17.8 Å². The molecular weight excluding hydrogens is 490 g/mol. The summed E-state index contributed by atoms with van der Waals surface area (Å²) >= 11 is 0. The van der Waals surface area contributed by atoms with Gasteiger partial charge in [-0.15, -0.1) is 0 Å². The van der Waals surface area contributed by atoms with Crippen molar-refractivity contribution in [3.05, 3.63) is 18.0 Å². The van der Waals surface area contributed by atoms with E-state index in [1.165, 1.54) is 6.92 Å². The number of carbonyl (C=O) groups is 2. The Balaban J connectivity index is 1.23. The Morgan fingerprint density at radius 1 is 1.05 bits per heavy atom. The number of nitrogen functional groups attached to an aromatic ring is 1. The van der Waals surface area contributed by atoms with Crippen molar-refractivity contribution in [2.75, 3.05) is 68.0 Å². The van der Waals surface area contributed by atoms with Crippen molar-refractivity contribution in [1.82, 2.24) is 29.7 Å². The lowest BCUT2D eigenvalue weighted by molar-refractivity contribution is -0.139. The number of likely N-dealkylation sites (tertiary alicyclic amines) is 2. The lowest BCUT2D eigenvalue weighted by atomic mass is 10.1. The Kier molecular flexibility index (Phi) is 6.38. The SMILES string of the molecule is CC(=O)N1CC(OC(=O)N2CC[C@H](N3CCc4c(-c5cnc(N)nc5)nc(N5CCOC[C@@H]5C)nc43)C2)C1. The van der Waals surface area contributed by atoms with E-state index in [4.69, 9.17) is 25.2 Å². The summed E-state index contributed by atoms with van der Waals surface area (Å²) in [7, 11) is 0. The van der Waals surface area contributed by atoms with Crippen LogP contribution in [0.1, 0.15) is 25.8 Å². The molecule has 0 saturated carbocycles. The molecule has 0 aromatic carbocycles. The van der Waals surface area contributed by atoms with Crippen LogP contribution >= 0.6 is 0 Å². The molecule has 3 fully saturated rings. The van der Waals surface area contributed by atoms with E-state index < -0.39 is 0 Å². The third kappa shape index (κ3) is 4.55. The Labute approximate surface area is 220 Å². The first-order valence-electron chi connectivity index (χ1n) is 13.2. The second-order valence-corrected chi connectivity index (χ2v) is 10.4. The molecular formula is C25H33N9O4. The quantitative estimate of drug-likeness (QED) is 0.600. The van der Waals surface area contributed by atoms with Crippen LogP contribution < -0.4 is 15.5 Å². The molecule has 13 nitrogen and oxygen atoms in total. The Morgan fingerprint density at radius 3 is 2.58 bits per heavy atom. The molecule has 2 N–H and O–H groups in total. The van der Waals surface area contributed by atoms with Crippen LogP contribution in [0.2, 0.25) is 0 Å². The summed E-state index contributed by atoms with van der Waals surface area (Å²) in [5.74, 6) is 1.78. The molecule has 2 atom stereocenters. The van der Waals surface area contributed by atoms with E-state index in [-0.39, 0.29) is 36.1 Å². The van der Waals surface area contributed by atoms with Crippen molar-refractivity contribution < 1.29 is 19.1 Å². The van der Waals surface area contributed by atoms with Gasteiger partial charge >= 0.3 is 6.09 Å². The van der Waals surface area contributed by atoms with Crippen molar-refractivity contribution >= 4 is 29.7 Å². The number of hydrogen-bond acceptors (Lipinski definition) is 11. The number of carbonyl (C=O) groups excluding carboxylic acids is 2. The van der Waals surface area contributed by atoms with Gasteiger partial charge in [0.1, 0.15) is 11.9 Å². The molecule has 2 aromatic rings. The van der Waals surface area contributed by atoms with E-state index in [0.29, 0.717) is 51.9 Å². The topological polar surface area (TPSA) is 143 Å². The highest BCUT2D eigenvalue weighted by atomic mass is 16.6. The number of ether oxygens (including phenoxy) is 2. The minimum atomic E-state index is -0.314. The predicted molar refractivity (Wildman–Crippen MR) is 139 cm³/mol. The number of fused-ring (bicyclic) bond motifs is 1. The molecule has 3 saturated heterocycles. The summed E-state index contributed by atoms with van der Waals surface area (Å²) < 4.78 is 11.3. The van der Waals surface area contributed by atoms with Crippen LogP contribution in [0.15, 0.2) is 12.4 Å². The number of rotatable bonds is 4. The standard InChI is InChI=1S/C25H33N9O4/c1-15-14-37-8-7-33(15)24-29-21(17-9-27-23(26)28-10-17)20-4-6-34(22(20)30-24)18-3-5-31(11-18)25(36)38-19-12-32(13-19)16(2)35/h9-10,15,18-19H,3-8,11-14H2,1-2H3,(H2,26,27,28)/t15-,18-/m0/s1. The van der Waals surface area contributed by atoms with Crippen LogP contribution in [0.25, 0.3) is 11.3 Å². The summed E-state index contributed by atoms with van der Waals surface area (Å²) in [5, 5.41) is 0. The minimum Gasteiger partial charge on any atom is -0.442 e. The number of amides is 2. The fourth-order valence-electron chi connectivity index (χ4n) is 5.62. The third-order valence-electron chi connectivity index (χ3n) is 7.84. The number of aromatic nitrogens is 4. The molecule has 6 rings (SSSR count). The van der Waals surface area contributed by atoms with Crippen molar-refractivity contribution in [1.29, 1.82) is 0 Å². The zero-order valence-corrected chi connectivity index (χ0v) is 21.7. The molecule has 4 aliphatic rings. The van der Waals surface area contributed by atoms with E-state index in [2.05, 4.69) is 26.7 Å². The normalized spacial score (nSPS) is 23.4. The zero-order chi connectivity index (χ0) is 26.4. The molecule has 2 amide bonds. The second kappa shape index (κ2) is 9.86. The first-order chi connectivity index (χ1) is 18.4. The predicted octanol–water partition coefficient (Wildman–Crippen LogP) is 0.545. The Morgan fingerprint density at radius 2 is 1.84 bits per heavy atom. The first-order valence-corrected chi connectivity index (χ1v) is 13.2. The molecule has 0 spiro atoms. The van der Waals surface area contributed by atoms with Gasteiger partial charge in [-0.1, -0.05) is 0 Å². The van der Waals surface area contributed by atoms with Crippen LogP contribution in [-0.2, 0) is 20.7 Å². The van der Waals surface area contributed by atoms with E-state index in [1.54, 1.807) is 22.2 Å². The average Bonchev–Trinajstić information content (AvgIpc) is 3.53. The summed E-state index contributed by atoms with van der Waals surface area (Å²) in [5.41, 5.74) is 8.42. The summed E-state index contributed by atoms with van der Waals surface area (Å²) in [6.45, 7) is 8.50. The fourth-order valence-corrected chi connectivity index (χ4v) is 5.62. The van der Waals surface area contributed by atoms with Crippen molar-refractivity contribution in [2.24, 2.45) is 0 Å². The fraction of sp³-hybridized carbons (Fsp3) is 0.600. The van der Waals surface area contributed by atoms with Gasteiger partial charge in [-0.25, -0.2) is 19.7 Å². The highest BCUT2D eigenvalue weighted by molar-refractivity contribution is 5.75. The molecule has 0 aliphatic carbocycles. The van der Waals surface area contributed by atoms with Crippen molar-refractivity contribution in [3.63, 3.8) is 0 Å². The maximum atomic E-state index is 12.8. The Hall–Kier alpha value is -3.74. The number of nitrogens with two attached hydrogens (primary N) is 1. The molecule has 13 heteroatoms. The van der Waals surface area contributed by atoms with Gasteiger partial charge in [0, 0.05) is 62.7 Å². The highest BCUT2D eigenvalue weighted by Crippen LogP contribution is 2.38. The van der Waals surface area contributed by atoms with E-state index in [0.717, 1.165) is 42.0 Å². The Bertz CT molecular complexity index is 1220. The molecule has 2 aromatic heterocycles. The minimum absolute atomic E-state index is 0.00367. The largest absolute Gasteiger partial charge is 0.442 e. The average molecular weight is 524 g/mol. The number of anilines is 3. The van der Waals surface area contributed by atoms with Crippen molar-refractivity contribution in [3.8, 4) is 11.3 Å². The molecule has 0 unspecified atom stereocenters. The number of hydrogen-bond donors (Lipinski definition) is 1. The van der Waals surface area contributed by atoms with Crippen LogP contribution in [0.5, 0.6) is 0 Å². The van der Waals surface area contributed by atoms with Crippen LogP contribution in [0, 0.1) is 0 Å². The molecule has 6 heterocycles. The van der Waals surface area contributed by atoms with Gasteiger partial charge in [0.25, 0.3) is 0 Å². The maximum absolute atomic E-state index is 12.8. The van der Waals surface area contributed by atoms with Gasteiger partial charge < -0.3 is 34.8 Å². The number of nitrogens with zero attached hydrogens (tertiary/aromatic N) is 8. The van der Waals surface area contributed by atoms with Gasteiger partial charge in [-0.05, 0) is 19.8 Å². The zero-order valence-electron chi connectivity index (χ0n) is 21.7. The van der Waals surface area contributed by atoms with Crippen LogP contribution in [0.3, 0.4) is 0 Å². The molecule has 202 valence electrons. The molecule has 0 bridgehead atoms. The number of morpholine rings is 1. The van der Waals surface area contributed by atoms with Crippen LogP contribution in [-0.4, -0.2) is 112 Å². The highest BCUT2D eigenvalue weighted by Gasteiger charge is 2.39. The first kappa shape index (κ1) is 24.6. The van der Waals surface area contributed by atoms with E-state index in [1.807, 2.05) is 0 Å². The van der Waals surface area contributed by atoms with Crippen LogP contribution in [0.4, 0.5) is 22.5 Å². The third-order valence-corrected chi connectivity index (χ3v) is 7.84. The second-order valence-electron chi connectivity index (χ2n) is 10.4. The molecule has 0 radical (unpaired) electrons.